The molecule has 0 saturated carbocycles. The van der Waals surface area contributed by atoms with Crippen molar-refractivity contribution in [3.63, 3.8) is 0 Å². The number of halogens is 1. The summed E-state index contributed by atoms with van der Waals surface area (Å²) in [6.45, 7) is 1.08. The van der Waals surface area contributed by atoms with Crippen LogP contribution in [0, 0.1) is 11.7 Å². The molecule has 1 aromatic heterocycles. The Labute approximate surface area is 110 Å². The summed E-state index contributed by atoms with van der Waals surface area (Å²) in [7, 11) is 0. The van der Waals surface area contributed by atoms with Crippen LogP contribution in [-0.2, 0) is 0 Å². The average Bonchev–Trinajstić information content (AvgIpc) is 2.38. The highest BCUT2D eigenvalue weighted by atomic mass is 32.1. The lowest BCUT2D eigenvalue weighted by Crippen LogP contribution is -2.43. The van der Waals surface area contributed by atoms with Crippen molar-refractivity contribution >= 4 is 23.1 Å². The van der Waals surface area contributed by atoms with E-state index >= 15 is 0 Å². The topological polar surface area (TPSA) is 59.2 Å². The van der Waals surface area contributed by atoms with Crippen LogP contribution in [0.15, 0.2) is 18.5 Å². The lowest BCUT2D eigenvalue weighted by atomic mass is 9.97. The van der Waals surface area contributed by atoms with Gasteiger partial charge in [0.05, 0.1) is 16.7 Å². The first-order valence-corrected chi connectivity index (χ1v) is 6.18. The lowest BCUT2D eigenvalue weighted by molar-refractivity contribution is 0.0698. The summed E-state index contributed by atoms with van der Waals surface area (Å²) in [4.78, 5) is 17.8. The number of likely N-dealkylation sites (tertiary alicyclic amines) is 1. The van der Waals surface area contributed by atoms with Crippen LogP contribution in [0.4, 0.5) is 4.39 Å². The Hall–Kier alpha value is -1.56. The number of carbonyl (C=O) groups excluding carboxylic acids is 1. The van der Waals surface area contributed by atoms with Crippen LogP contribution in [0.5, 0.6) is 0 Å². The van der Waals surface area contributed by atoms with E-state index in [1.807, 2.05) is 0 Å². The van der Waals surface area contributed by atoms with E-state index in [2.05, 4.69) is 4.98 Å². The van der Waals surface area contributed by atoms with Crippen molar-refractivity contribution in [3.8, 4) is 0 Å². The normalized spacial score (nSPS) is 19.6. The maximum Gasteiger partial charge on any atom is 0.256 e. The molecule has 0 radical (unpaired) electrons. The molecule has 96 valence electrons. The molecule has 2 heterocycles. The van der Waals surface area contributed by atoms with E-state index in [9.17, 15) is 9.18 Å². The van der Waals surface area contributed by atoms with Gasteiger partial charge in [-0.2, -0.15) is 0 Å². The number of thiocarbonyl (C=S) groups is 1. The molecule has 1 amide bonds. The molecule has 1 atom stereocenters. The Kier molecular flexibility index (Phi) is 3.86. The quantitative estimate of drug-likeness (QED) is 0.822. The minimum Gasteiger partial charge on any atom is -0.393 e. The van der Waals surface area contributed by atoms with E-state index in [0.29, 0.717) is 18.1 Å². The largest absolute Gasteiger partial charge is 0.393 e. The number of aromatic nitrogens is 1. The highest BCUT2D eigenvalue weighted by Gasteiger charge is 2.27. The summed E-state index contributed by atoms with van der Waals surface area (Å²) in [5.74, 6) is -0.890. The Balaban J connectivity index is 2.14. The number of nitrogens with zero attached hydrogens (tertiary/aromatic N) is 2. The van der Waals surface area contributed by atoms with Crippen molar-refractivity contribution in [3.05, 3.63) is 29.8 Å². The highest BCUT2D eigenvalue weighted by molar-refractivity contribution is 7.80. The third-order valence-electron chi connectivity index (χ3n) is 3.11. The van der Waals surface area contributed by atoms with Crippen LogP contribution in [0.3, 0.4) is 0 Å². The fraction of sp³-hybridized carbons (Fsp3) is 0.417. The first-order chi connectivity index (χ1) is 8.59. The van der Waals surface area contributed by atoms with Crippen molar-refractivity contribution < 1.29 is 9.18 Å². The molecule has 0 spiro atoms. The molecule has 2 N–H and O–H groups in total. The Morgan fingerprint density at radius 2 is 2.39 bits per heavy atom. The zero-order chi connectivity index (χ0) is 13.1. The zero-order valence-corrected chi connectivity index (χ0v) is 10.6. The van der Waals surface area contributed by atoms with Crippen molar-refractivity contribution in [2.24, 2.45) is 11.7 Å². The zero-order valence-electron chi connectivity index (χ0n) is 9.80. The predicted octanol–water partition coefficient (Wildman–Crippen LogP) is 1.36. The van der Waals surface area contributed by atoms with Gasteiger partial charge in [-0.1, -0.05) is 12.2 Å². The summed E-state index contributed by atoms with van der Waals surface area (Å²) in [6, 6.07) is 1.39. The van der Waals surface area contributed by atoms with Gasteiger partial charge >= 0.3 is 0 Å². The number of piperidine rings is 1. The predicted molar refractivity (Wildman–Crippen MR) is 69.6 cm³/mol. The van der Waals surface area contributed by atoms with Crippen LogP contribution < -0.4 is 5.73 Å². The van der Waals surface area contributed by atoms with E-state index in [1.54, 1.807) is 4.90 Å². The molecule has 4 nitrogen and oxygen atoms in total. The molecular weight excluding hydrogens is 253 g/mol. The molecule has 0 aliphatic carbocycles. The van der Waals surface area contributed by atoms with Crippen molar-refractivity contribution in [2.75, 3.05) is 13.1 Å². The molecule has 0 aromatic carbocycles. The summed E-state index contributed by atoms with van der Waals surface area (Å²) in [5, 5.41) is 0. The Morgan fingerprint density at radius 3 is 3.06 bits per heavy atom. The number of pyridine rings is 1. The Bertz CT molecular complexity index is 480. The van der Waals surface area contributed by atoms with E-state index in [4.69, 9.17) is 18.0 Å². The fourth-order valence-corrected chi connectivity index (χ4v) is 2.31. The molecule has 1 aliphatic rings. The minimum atomic E-state index is -0.597. The molecule has 0 bridgehead atoms. The SMILES string of the molecule is NC(=S)C1CCCN(C(=O)c2ccncc2F)C1. The van der Waals surface area contributed by atoms with E-state index in [0.717, 1.165) is 19.0 Å². The Morgan fingerprint density at radius 1 is 1.61 bits per heavy atom. The molecule has 2 rings (SSSR count). The van der Waals surface area contributed by atoms with Gasteiger partial charge in [-0.25, -0.2) is 4.39 Å². The standard InChI is InChI=1S/C12H14FN3OS/c13-10-6-15-4-3-9(10)12(17)16-5-1-2-8(7-16)11(14)18/h3-4,6,8H,1-2,5,7H2,(H2,14,18). The van der Waals surface area contributed by atoms with Crippen LogP contribution in [0.25, 0.3) is 0 Å². The summed E-state index contributed by atoms with van der Waals surface area (Å²) in [6.07, 6.45) is 4.17. The molecule has 1 unspecified atom stereocenters. The first-order valence-electron chi connectivity index (χ1n) is 5.77. The van der Waals surface area contributed by atoms with Crippen molar-refractivity contribution in [2.45, 2.75) is 12.8 Å². The van der Waals surface area contributed by atoms with E-state index in [1.165, 1.54) is 12.3 Å². The van der Waals surface area contributed by atoms with Gasteiger partial charge in [0.25, 0.3) is 5.91 Å². The molecular formula is C12H14FN3OS. The summed E-state index contributed by atoms with van der Waals surface area (Å²) >= 11 is 4.95. The molecule has 1 aliphatic heterocycles. The second-order valence-corrected chi connectivity index (χ2v) is 4.82. The third-order valence-corrected chi connectivity index (χ3v) is 3.45. The molecule has 18 heavy (non-hydrogen) atoms. The lowest BCUT2D eigenvalue weighted by Gasteiger charge is -2.32. The number of rotatable bonds is 2. The van der Waals surface area contributed by atoms with Gasteiger partial charge in [-0.3, -0.25) is 9.78 Å². The van der Waals surface area contributed by atoms with E-state index < -0.39 is 5.82 Å². The molecule has 6 heteroatoms. The fourth-order valence-electron chi connectivity index (χ4n) is 2.11. The number of hydrogen-bond acceptors (Lipinski definition) is 3. The van der Waals surface area contributed by atoms with Crippen LogP contribution >= 0.6 is 12.2 Å². The second-order valence-electron chi connectivity index (χ2n) is 4.35. The van der Waals surface area contributed by atoms with Gasteiger partial charge < -0.3 is 10.6 Å². The smallest absolute Gasteiger partial charge is 0.256 e. The highest BCUT2D eigenvalue weighted by Crippen LogP contribution is 2.19. The van der Waals surface area contributed by atoms with Crippen LogP contribution in [-0.4, -0.2) is 33.9 Å². The number of amides is 1. The van der Waals surface area contributed by atoms with Crippen molar-refractivity contribution in [1.82, 2.24) is 9.88 Å². The minimum absolute atomic E-state index is 0.0302. The molecule has 1 aromatic rings. The molecule has 1 fully saturated rings. The number of carbonyl (C=O) groups is 1. The van der Waals surface area contributed by atoms with Gasteiger partial charge in [0.1, 0.15) is 0 Å². The van der Waals surface area contributed by atoms with Crippen LogP contribution in [0.2, 0.25) is 0 Å². The van der Waals surface area contributed by atoms with Gasteiger partial charge in [0.2, 0.25) is 0 Å². The second kappa shape index (κ2) is 5.39. The van der Waals surface area contributed by atoms with Gasteiger partial charge in [0, 0.05) is 25.2 Å². The number of hydrogen-bond donors (Lipinski definition) is 1. The maximum absolute atomic E-state index is 13.5. The van der Waals surface area contributed by atoms with Gasteiger partial charge in [-0.15, -0.1) is 0 Å². The average molecular weight is 267 g/mol. The monoisotopic (exact) mass is 267 g/mol. The van der Waals surface area contributed by atoms with Crippen LogP contribution in [0.1, 0.15) is 23.2 Å². The first kappa shape index (κ1) is 12.9. The summed E-state index contributed by atoms with van der Waals surface area (Å²) < 4.78 is 13.5. The maximum atomic E-state index is 13.5. The summed E-state index contributed by atoms with van der Waals surface area (Å²) in [5.41, 5.74) is 5.66. The molecule has 1 saturated heterocycles. The van der Waals surface area contributed by atoms with E-state index in [-0.39, 0.29) is 17.4 Å². The van der Waals surface area contributed by atoms with Crippen molar-refractivity contribution in [1.29, 1.82) is 0 Å². The van der Waals surface area contributed by atoms with Gasteiger partial charge in [-0.05, 0) is 18.9 Å². The third kappa shape index (κ3) is 2.64. The number of nitrogens with two attached hydrogens (primary N) is 1. The van der Waals surface area contributed by atoms with Gasteiger partial charge in [0.15, 0.2) is 5.82 Å².